The number of hydrogen-bond acceptors (Lipinski definition) is 3. The Labute approximate surface area is 142 Å². The second-order valence-electron chi connectivity index (χ2n) is 6.10. The molecule has 2 aliphatic rings. The Morgan fingerprint density at radius 3 is 2.38 bits per heavy atom. The molecular weight excluding hydrogens is 345 g/mol. The Morgan fingerprint density at radius 1 is 1.17 bits per heavy atom. The van der Waals surface area contributed by atoms with Crippen molar-refractivity contribution in [3.05, 3.63) is 23.8 Å². The van der Waals surface area contributed by atoms with Crippen LogP contribution in [0.15, 0.2) is 18.2 Å². The minimum absolute atomic E-state index is 0.0172. The van der Waals surface area contributed by atoms with Crippen LogP contribution in [0.5, 0.6) is 0 Å². The van der Waals surface area contributed by atoms with Crippen molar-refractivity contribution in [3.8, 4) is 0 Å². The van der Waals surface area contributed by atoms with Crippen molar-refractivity contribution >= 4 is 34.1 Å². The summed E-state index contributed by atoms with van der Waals surface area (Å²) < 4.78 is 39.2. The first-order valence-electron chi connectivity index (χ1n) is 7.73. The average Bonchev–Trinajstić information content (AvgIpc) is 3.15. The molecule has 2 aliphatic heterocycles. The molecule has 0 N–H and O–H groups in total. The maximum Gasteiger partial charge on any atom is 0.416 e. The molecule has 1 aromatic rings. The largest absolute Gasteiger partial charge is 0.416 e. The topological polar surface area (TPSA) is 40.6 Å². The van der Waals surface area contributed by atoms with Gasteiger partial charge in [0, 0.05) is 26.1 Å². The van der Waals surface area contributed by atoms with Gasteiger partial charge in [0.1, 0.15) is 0 Å². The zero-order valence-corrected chi connectivity index (χ0v) is 13.5. The fourth-order valence-corrected chi connectivity index (χ4v) is 3.38. The Kier molecular flexibility index (Phi) is 4.46. The normalized spacial score (nSPS) is 21.7. The highest BCUT2D eigenvalue weighted by Gasteiger charge is 2.38. The number of carbonyl (C=O) groups is 2. The fourth-order valence-electron chi connectivity index (χ4n) is 3.23. The third-order valence-electron chi connectivity index (χ3n) is 4.49. The highest BCUT2D eigenvalue weighted by atomic mass is 35.5. The Balaban J connectivity index is 2.02. The quantitative estimate of drug-likeness (QED) is 0.775. The van der Waals surface area contributed by atoms with E-state index in [4.69, 9.17) is 11.6 Å². The summed E-state index contributed by atoms with van der Waals surface area (Å²) in [4.78, 5) is 26.8. The zero-order chi connectivity index (χ0) is 17.5. The second kappa shape index (κ2) is 6.27. The number of hydrogen-bond donors (Lipinski definition) is 0. The number of carbonyl (C=O) groups excluding carboxylic acids is 2. The van der Waals surface area contributed by atoms with Crippen LogP contribution in [0.25, 0.3) is 0 Å². The summed E-state index contributed by atoms with van der Waals surface area (Å²) in [5.41, 5.74) is -0.0115. The smallest absolute Gasteiger partial charge is 0.370 e. The van der Waals surface area contributed by atoms with Gasteiger partial charge in [0.05, 0.1) is 22.9 Å². The first-order valence-corrected chi connectivity index (χ1v) is 8.11. The Bertz CT molecular complexity index is 672. The summed E-state index contributed by atoms with van der Waals surface area (Å²) in [6.45, 7) is 1.49. The standard InChI is InChI=1S/C16H16ClF3N2O2/c17-15(24)10-7-14(23)22(9-10)13-8-11(16(18,19)20)3-4-12(13)21-5-1-2-6-21/h3-4,8,10H,1-2,5-7,9H2/t10-/m1/s1. The van der Waals surface area contributed by atoms with E-state index in [1.807, 2.05) is 4.90 Å². The first-order chi connectivity index (χ1) is 11.3. The average molecular weight is 361 g/mol. The lowest BCUT2D eigenvalue weighted by molar-refractivity contribution is -0.137. The molecule has 3 rings (SSSR count). The minimum Gasteiger partial charge on any atom is -0.370 e. The first kappa shape index (κ1) is 17.1. The summed E-state index contributed by atoms with van der Waals surface area (Å²) in [6.07, 6.45) is -2.66. The van der Waals surface area contributed by atoms with Gasteiger partial charge in [0.25, 0.3) is 0 Å². The van der Waals surface area contributed by atoms with Gasteiger partial charge in [-0.1, -0.05) is 0 Å². The van der Waals surface area contributed by atoms with Crippen molar-refractivity contribution in [1.82, 2.24) is 0 Å². The van der Waals surface area contributed by atoms with Crippen LogP contribution in [0.4, 0.5) is 24.5 Å². The van der Waals surface area contributed by atoms with E-state index in [0.29, 0.717) is 5.69 Å². The molecule has 0 saturated carbocycles. The molecule has 4 nitrogen and oxygen atoms in total. The molecule has 0 bridgehead atoms. The molecule has 2 saturated heterocycles. The summed E-state index contributed by atoms with van der Waals surface area (Å²) in [7, 11) is 0. The second-order valence-corrected chi connectivity index (χ2v) is 6.48. The van der Waals surface area contributed by atoms with Gasteiger partial charge in [-0.2, -0.15) is 13.2 Å². The number of anilines is 2. The summed E-state index contributed by atoms with van der Waals surface area (Å²) >= 11 is 5.46. The number of alkyl halides is 3. The van der Waals surface area contributed by atoms with Gasteiger partial charge in [0.2, 0.25) is 11.1 Å². The van der Waals surface area contributed by atoms with Crippen LogP contribution >= 0.6 is 11.6 Å². The van der Waals surface area contributed by atoms with Crippen LogP contribution in [0.1, 0.15) is 24.8 Å². The number of benzene rings is 1. The summed E-state index contributed by atoms with van der Waals surface area (Å²) in [5.74, 6) is -1.06. The van der Waals surface area contributed by atoms with Crippen LogP contribution in [0, 0.1) is 5.92 Å². The van der Waals surface area contributed by atoms with E-state index in [2.05, 4.69) is 0 Å². The molecule has 0 aliphatic carbocycles. The van der Waals surface area contributed by atoms with Crippen molar-refractivity contribution in [2.45, 2.75) is 25.4 Å². The molecule has 2 fully saturated rings. The van der Waals surface area contributed by atoms with Crippen LogP contribution in [0.3, 0.4) is 0 Å². The van der Waals surface area contributed by atoms with Crippen molar-refractivity contribution in [1.29, 1.82) is 0 Å². The molecule has 1 atom stereocenters. The van der Waals surface area contributed by atoms with E-state index in [1.165, 1.54) is 11.0 Å². The van der Waals surface area contributed by atoms with E-state index >= 15 is 0 Å². The van der Waals surface area contributed by atoms with Gasteiger partial charge in [-0.15, -0.1) is 0 Å². The molecule has 0 unspecified atom stereocenters. The van der Waals surface area contributed by atoms with Gasteiger partial charge < -0.3 is 9.80 Å². The predicted molar refractivity (Wildman–Crippen MR) is 84.2 cm³/mol. The van der Waals surface area contributed by atoms with Crippen LogP contribution in [-0.4, -0.2) is 30.8 Å². The number of rotatable bonds is 3. The van der Waals surface area contributed by atoms with Gasteiger partial charge in [-0.05, 0) is 42.6 Å². The predicted octanol–water partition coefficient (Wildman–Crippen LogP) is 3.42. The highest BCUT2D eigenvalue weighted by Crippen LogP contribution is 2.40. The highest BCUT2D eigenvalue weighted by molar-refractivity contribution is 6.64. The lowest BCUT2D eigenvalue weighted by Gasteiger charge is -2.27. The minimum atomic E-state index is -4.50. The molecule has 0 spiro atoms. The van der Waals surface area contributed by atoms with E-state index in [-0.39, 0.29) is 24.6 Å². The maximum atomic E-state index is 13.1. The molecule has 1 amide bonds. The van der Waals surface area contributed by atoms with Gasteiger partial charge in [0.15, 0.2) is 0 Å². The van der Waals surface area contributed by atoms with E-state index in [0.717, 1.165) is 38.1 Å². The monoisotopic (exact) mass is 360 g/mol. The summed E-state index contributed by atoms with van der Waals surface area (Å²) in [5, 5.41) is -0.638. The lowest BCUT2D eigenvalue weighted by atomic mass is 10.1. The molecule has 130 valence electrons. The molecule has 2 heterocycles. The molecule has 0 aromatic heterocycles. The number of halogens is 4. The molecule has 24 heavy (non-hydrogen) atoms. The van der Waals surface area contributed by atoms with Crippen molar-refractivity contribution in [3.63, 3.8) is 0 Å². The van der Waals surface area contributed by atoms with E-state index in [1.54, 1.807) is 0 Å². The van der Waals surface area contributed by atoms with Crippen molar-refractivity contribution < 1.29 is 22.8 Å². The van der Waals surface area contributed by atoms with Crippen molar-refractivity contribution in [2.24, 2.45) is 5.92 Å². The third kappa shape index (κ3) is 3.22. The molecule has 1 aromatic carbocycles. The lowest BCUT2D eigenvalue weighted by Crippen LogP contribution is -2.29. The van der Waals surface area contributed by atoms with Crippen molar-refractivity contribution in [2.75, 3.05) is 29.4 Å². The Hall–Kier alpha value is -1.76. The molecular formula is C16H16ClF3N2O2. The van der Waals surface area contributed by atoms with Crippen LogP contribution in [0.2, 0.25) is 0 Å². The zero-order valence-electron chi connectivity index (χ0n) is 12.8. The summed E-state index contributed by atoms with van der Waals surface area (Å²) in [6, 6.07) is 3.43. The number of nitrogens with zero attached hydrogens (tertiary/aromatic N) is 2. The van der Waals surface area contributed by atoms with Gasteiger partial charge >= 0.3 is 6.18 Å². The fraction of sp³-hybridized carbons (Fsp3) is 0.500. The van der Waals surface area contributed by atoms with E-state index < -0.39 is 22.9 Å². The Morgan fingerprint density at radius 2 is 1.83 bits per heavy atom. The van der Waals surface area contributed by atoms with Crippen LogP contribution in [-0.2, 0) is 15.8 Å². The SMILES string of the molecule is O=C(Cl)[C@@H]1CC(=O)N(c2cc(C(F)(F)F)ccc2N2CCCC2)C1. The van der Waals surface area contributed by atoms with Gasteiger partial charge in [-0.25, -0.2) is 0 Å². The third-order valence-corrected chi connectivity index (χ3v) is 4.79. The van der Waals surface area contributed by atoms with E-state index in [9.17, 15) is 22.8 Å². The van der Waals surface area contributed by atoms with Gasteiger partial charge in [-0.3, -0.25) is 9.59 Å². The maximum absolute atomic E-state index is 13.1. The molecule has 8 heteroatoms. The van der Waals surface area contributed by atoms with Crippen LogP contribution < -0.4 is 9.80 Å². The molecule has 0 radical (unpaired) electrons. The number of amides is 1.